The van der Waals surface area contributed by atoms with Gasteiger partial charge in [-0.25, -0.2) is 8.42 Å². The summed E-state index contributed by atoms with van der Waals surface area (Å²) in [6.07, 6.45) is 5.46. The maximum absolute atomic E-state index is 13.3. The Morgan fingerprint density at radius 3 is 2.64 bits per heavy atom. The number of anilines is 1. The molecule has 3 heterocycles. The second kappa shape index (κ2) is 9.54. The van der Waals surface area contributed by atoms with E-state index >= 15 is 0 Å². The van der Waals surface area contributed by atoms with E-state index in [0.29, 0.717) is 29.3 Å². The Morgan fingerprint density at radius 1 is 1.21 bits per heavy atom. The first-order valence-electron chi connectivity index (χ1n) is 10.5. The molecule has 174 valence electrons. The van der Waals surface area contributed by atoms with E-state index < -0.39 is 10.0 Å². The third kappa shape index (κ3) is 5.05. The van der Waals surface area contributed by atoms with Crippen LogP contribution in [0.4, 0.5) is 5.69 Å². The third-order valence-corrected chi connectivity index (χ3v) is 7.95. The number of amides is 1. The number of rotatable bonds is 6. The fourth-order valence-electron chi connectivity index (χ4n) is 3.79. The van der Waals surface area contributed by atoms with E-state index in [1.807, 2.05) is 13.0 Å². The molecule has 1 fully saturated rings. The first-order valence-corrected chi connectivity index (χ1v) is 12.3. The largest absolute Gasteiger partial charge is 0.465 e. The number of aromatic nitrogens is 1. The molecule has 10 heteroatoms. The Balaban J connectivity index is 1.44. The fraction of sp³-hybridized carbons (Fsp3) is 0.304. The standard InChI is InChI=1S/C23H24ClN3O5S/c1-15-5-7-20(19(24)14-15)25-23(28)17-9-11-27(12-10-17)33(29,30)22-16(2)26-32-21(22)8-6-18-4-3-13-31-18/h3-8,13-14,17H,9-12H2,1-2H3,(H,25,28). The summed E-state index contributed by atoms with van der Waals surface area (Å²) in [5.74, 6) is 0.224. The lowest BCUT2D eigenvalue weighted by Gasteiger charge is -2.30. The van der Waals surface area contributed by atoms with E-state index in [4.69, 9.17) is 20.5 Å². The molecule has 0 aliphatic carbocycles. The summed E-state index contributed by atoms with van der Waals surface area (Å²) in [6, 6.07) is 8.90. The first-order chi connectivity index (χ1) is 15.8. The maximum atomic E-state index is 13.3. The van der Waals surface area contributed by atoms with Crippen LogP contribution in [-0.4, -0.2) is 36.9 Å². The Hall–Kier alpha value is -2.88. The molecular formula is C23H24ClN3O5S. The highest BCUT2D eigenvalue weighted by Gasteiger charge is 2.36. The van der Waals surface area contributed by atoms with Gasteiger partial charge in [0.25, 0.3) is 0 Å². The normalized spacial score (nSPS) is 15.8. The number of halogens is 1. The minimum atomic E-state index is -3.85. The molecule has 0 atom stereocenters. The predicted octanol–water partition coefficient (Wildman–Crippen LogP) is 4.75. The SMILES string of the molecule is Cc1ccc(NC(=O)C2CCN(S(=O)(=O)c3c(C)noc3C=Cc3ccco3)CC2)c(Cl)c1. The predicted molar refractivity (Wildman–Crippen MR) is 125 cm³/mol. The van der Waals surface area contributed by atoms with E-state index in [9.17, 15) is 13.2 Å². The number of aryl methyl sites for hydroxylation is 2. The molecular weight excluding hydrogens is 466 g/mol. The minimum Gasteiger partial charge on any atom is -0.465 e. The van der Waals surface area contributed by atoms with E-state index in [2.05, 4.69) is 10.5 Å². The van der Waals surface area contributed by atoms with Crippen LogP contribution < -0.4 is 5.32 Å². The van der Waals surface area contributed by atoms with Crippen molar-refractivity contribution in [1.29, 1.82) is 0 Å². The maximum Gasteiger partial charge on any atom is 0.248 e. The fourth-order valence-corrected chi connectivity index (χ4v) is 5.79. The average molecular weight is 490 g/mol. The Kier molecular flexibility index (Phi) is 6.73. The van der Waals surface area contributed by atoms with Crippen molar-refractivity contribution in [3.8, 4) is 0 Å². The topological polar surface area (TPSA) is 106 Å². The van der Waals surface area contributed by atoms with Crippen LogP contribution in [0.15, 0.2) is 50.4 Å². The van der Waals surface area contributed by atoms with Gasteiger partial charge < -0.3 is 14.3 Å². The Labute approximate surface area is 197 Å². The van der Waals surface area contributed by atoms with Crippen LogP contribution in [0, 0.1) is 19.8 Å². The van der Waals surface area contributed by atoms with Crippen LogP contribution in [0.3, 0.4) is 0 Å². The van der Waals surface area contributed by atoms with Crippen molar-refractivity contribution >= 4 is 45.4 Å². The van der Waals surface area contributed by atoms with Crippen molar-refractivity contribution < 1.29 is 22.2 Å². The number of furan rings is 1. The molecule has 1 aromatic carbocycles. The zero-order valence-corrected chi connectivity index (χ0v) is 19.8. The van der Waals surface area contributed by atoms with Crippen molar-refractivity contribution in [1.82, 2.24) is 9.46 Å². The summed E-state index contributed by atoms with van der Waals surface area (Å²) in [4.78, 5) is 12.7. The number of nitrogens with one attached hydrogen (secondary N) is 1. The summed E-state index contributed by atoms with van der Waals surface area (Å²) in [6.45, 7) is 3.94. The quantitative estimate of drug-likeness (QED) is 0.535. The molecule has 1 N–H and O–H groups in total. The van der Waals surface area contributed by atoms with Crippen LogP contribution in [-0.2, 0) is 14.8 Å². The number of nitrogens with zero attached hydrogens (tertiary/aromatic N) is 2. The molecule has 1 amide bonds. The van der Waals surface area contributed by atoms with Crippen molar-refractivity contribution in [2.75, 3.05) is 18.4 Å². The molecule has 1 saturated heterocycles. The summed E-state index contributed by atoms with van der Waals surface area (Å²) in [5.41, 5.74) is 1.83. The molecule has 0 unspecified atom stereocenters. The van der Waals surface area contributed by atoms with Crippen molar-refractivity contribution in [2.45, 2.75) is 31.6 Å². The second-order valence-corrected chi connectivity index (χ2v) is 10.2. The zero-order valence-electron chi connectivity index (χ0n) is 18.2. The highest BCUT2D eigenvalue weighted by molar-refractivity contribution is 7.89. The molecule has 4 rings (SSSR count). The third-order valence-electron chi connectivity index (χ3n) is 5.58. The highest BCUT2D eigenvalue weighted by Crippen LogP contribution is 2.30. The number of sulfonamides is 1. The van der Waals surface area contributed by atoms with Gasteiger partial charge in [0.05, 0.1) is 17.0 Å². The van der Waals surface area contributed by atoms with Gasteiger partial charge in [-0.1, -0.05) is 22.8 Å². The molecule has 0 spiro atoms. The van der Waals surface area contributed by atoms with Crippen LogP contribution in [0.2, 0.25) is 5.02 Å². The second-order valence-electron chi connectivity index (χ2n) is 7.96. The van der Waals surface area contributed by atoms with E-state index in [1.165, 1.54) is 16.6 Å². The number of benzene rings is 1. The van der Waals surface area contributed by atoms with Gasteiger partial charge in [-0.15, -0.1) is 0 Å². The number of piperidine rings is 1. The van der Waals surface area contributed by atoms with Crippen LogP contribution in [0.5, 0.6) is 0 Å². The Morgan fingerprint density at radius 2 is 1.97 bits per heavy atom. The summed E-state index contributed by atoms with van der Waals surface area (Å²) in [5, 5.41) is 7.17. The van der Waals surface area contributed by atoms with Gasteiger partial charge in [0, 0.05) is 19.0 Å². The summed E-state index contributed by atoms with van der Waals surface area (Å²) < 4.78 is 38.6. The minimum absolute atomic E-state index is 0.0274. The molecule has 0 bridgehead atoms. The van der Waals surface area contributed by atoms with Gasteiger partial charge in [-0.05, 0) is 68.7 Å². The van der Waals surface area contributed by atoms with E-state index in [-0.39, 0.29) is 41.3 Å². The van der Waals surface area contributed by atoms with E-state index in [0.717, 1.165) is 5.56 Å². The monoisotopic (exact) mass is 489 g/mol. The molecule has 1 aliphatic rings. The van der Waals surface area contributed by atoms with Crippen molar-refractivity contribution in [3.63, 3.8) is 0 Å². The number of hydrogen-bond donors (Lipinski definition) is 1. The van der Waals surface area contributed by atoms with Crippen LogP contribution in [0.1, 0.15) is 35.6 Å². The highest BCUT2D eigenvalue weighted by atomic mass is 35.5. The van der Waals surface area contributed by atoms with Gasteiger partial charge in [0.2, 0.25) is 15.9 Å². The number of carbonyl (C=O) groups excluding carboxylic acids is 1. The molecule has 8 nitrogen and oxygen atoms in total. The van der Waals surface area contributed by atoms with Crippen molar-refractivity contribution in [2.24, 2.45) is 5.92 Å². The van der Waals surface area contributed by atoms with Gasteiger partial charge in [0.1, 0.15) is 11.5 Å². The van der Waals surface area contributed by atoms with Crippen molar-refractivity contribution in [3.05, 3.63) is 64.4 Å². The van der Waals surface area contributed by atoms with Gasteiger partial charge in [0.15, 0.2) is 10.7 Å². The lowest BCUT2D eigenvalue weighted by atomic mass is 9.97. The zero-order chi connectivity index (χ0) is 23.6. The molecule has 3 aromatic rings. The van der Waals surface area contributed by atoms with E-state index in [1.54, 1.807) is 37.3 Å². The number of hydrogen-bond acceptors (Lipinski definition) is 6. The van der Waals surface area contributed by atoms with Gasteiger partial charge in [-0.2, -0.15) is 4.31 Å². The van der Waals surface area contributed by atoms with Crippen LogP contribution >= 0.6 is 11.6 Å². The number of carbonyl (C=O) groups is 1. The summed E-state index contributed by atoms with van der Waals surface area (Å²) in [7, 11) is -3.85. The molecule has 2 aromatic heterocycles. The van der Waals surface area contributed by atoms with Gasteiger partial charge in [-0.3, -0.25) is 4.79 Å². The Bertz CT molecular complexity index is 1270. The molecule has 1 aliphatic heterocycles. The lowest BCUT2D eigenvalue weighted by molar-refractivity contribution is -0.120. The van der Waals surface area contributed by atoms with Crippen LogP contribution in [0.25, 0.3) is 12.2 Å². The molecule has 33 heavy (non-hydrogen) atoms. The average Bonchev–Trinajstić information content (AvgIpc) is 3.44. The molecule has 0 radical (unpaired) electrons. The summed E-state index contributed by atoms with van der Waals surface area (Å²) >= 11 is 6.21. The smallest absolute Gasteiger partial charge is 0.248 e. The molecule has 0 saturated carbocycles. The van der Waals surface area contributed by atoms with Gasteiger partial charge >= 0.3 is 0 Å². The lowest BCUT2D eigenvalue weighted by Crippen LogP contribution is -2.41. The first kappa shape index (κ1) is 23.3.